The molecule has 1 aliphatic heterocycles. The van der Waals surface area contributed by atoms with Crippen molar-refractivity contribution in [3.8, 4) is 0 Å². The molecule has 146 valence electrons. The zero-order valence-electron chi connectivity index (χ0n) is 15.0. The van der Waals surface area contributed by atoms with Crippen LogP contribution in [0, 0.1) is 11.8 Å². The molecule has 1 rings (SSSR count). The minimum Gasteiger partial charge on any atom is -0.382 e. The minimum absolute atomic E-state index is 0.178. The lowest BCUT2D eigenvalue weighted by Gasteiger charge is -2.38. The van der Waals surface area contributed by atoms with E-state index in [4.69, 9.17) is 5.73 Å². The van der Waals surface area contributed by atoms with Crippen molar-refractivity contribution >= 4 is 11.8 Å². The lowest BCUT2D eigenvalue weighted by Crippen LogP contribution is -2.58. The molecule has 4 atom stereocenters. The van der Waals surface area contributed by atoms with Gasteiger partial charge in [-0.05, 0) is 31.2 Å². The first-order valence-corrected chi connectivity index (χ1v) is 8.48. The number of halogens is 3. The summed E-state index contributed by atoms with van der Waals surface area (Å²) in [7, 11) is 0. The molecule has 25 heavy (non-hydrogen) atoms. The van der Waals surface area contributed by atoms with Gasteiger partial charge in [-0.1, -0.05) is 27.7 Å². The number of nitrogens with two attached hydrogens (primary N) is 1. The van der Waals surface area contributed by atoms with Crippen LogP contribution in [0.3, 0.4) is 0 Å². The highest BCUT2D eigenvalue weighted by Gasteiger charge is 2.50. The summed E-state index contributed by atoms with van der Waals surface area (Å²) < 4.78 is 39.0. The van der Waals surface area contributed by atoms with Crippen molar-refractivity contribution in [2.24, 2.45) is 17.6 Å². The van der Waals surface area contributed by atoms with Gasteiger partial charge in [0.05, 0.1) is 12.1 Å². The van der Waals surface area contributed by atoms with Crippen molar-refractivity contribution in [2.45, 2.75) is 70.9 Å². The SMILES string of the molecule is CC(C)[C@H](N)C(=O)NC(=O)[C@@H]1CCCN1[C@@H](C(C)C)[C@H](O)C(F)(F)F. The number of hydrogen-bond acceptors (Lipinski definition) is 5. The Morgan fingerprint density at radius 3 is 2.20 bits per heavy atom. The van der Waals surface area contributed by atoms with Gasteiger partial charge in [-0.25, -0.2) is 0 Å². The van der Waals surface area contributed by atoms with E-state index in [1.54, 1.807) is 27.7 Å². The number of alkyl halides is 3. The molecular formula is C16H28F3N3O3. The summed E-state index contributed by atoms with van der Waals surface area (Å²) in [5.74, 6) is -2.02. The average molecular weight is 367 g/mol. The molecule has 1 fully saturated rings. The molecule has 0 saturated carbocycles. The maximum atomic E-state index is 13.0. The van der Waals surface area contributed by atoms with E-state index in [0.717, 1.165) is 0 Å². The van der Waals surface area contributed by atoms with Gasteiger partial charge in [0, 0.05) is 6.04 Å². The van der Waals surface area contributed by atoms with Crippen LogP contribution >= 0.6 is 0 Å². The summed E-state index contributed by atoms with van der Waals surface area (Å²) in [5, 5.41) is 11.9. The molecule has 2 amide bonds. The topological polar surface area (TPSA) is 95.7 Å². The van der Waals surface area contributed by atoms with Gasteiger partial charge in [0.15, 0.2) is 6.10 Å². The number of hydrogen-bond donors (Lipinski definition) is 3. The van der Waals surface area contributed by atoms with Crippen LogP contribution in [0.1, 0.15) is 40.5 Å². The predicted octanol–water partition coefficient (Wildman–Crippen LogP) is 1.02. The molecule has 1 saturated heterocycles. The Hall–Kier alpha value is -1.19. The van der Waals surface area contributed by atoms with E-state index in [9.17, 15) is 27.9 Å². The highest BCUT2D eigenvalue weighted by Crippen LogP contribution is 2.32. The average Bonchev–Trinajstić information content (AvgIpc) is 2.94. The molecule has 6 nitrogen and oxygen atoms in total. The van der Waals surface area contributed by atoms with Crippen molar-refractivity contribution in [3.63, 3.8) is 0 Å². The van der Waals surface area contributed by atoms with Crippen LogP contribution in [0.5, 0.6) is 0 Å². The molecule has 0 radical (unpaired) electrons. The van der Waals surface area contributed by atoms with Gasteiger partial charge in [0.2, 0.25) is 11.8 Å². The number of carbonyl (C=O) groups is 2. The number of aliphatic hydroxyl groups excluding tert-OH is 1. The second-order valence-electron chi connectivity index (χ2n) is 7.24. The summed E-state index contributed by atoms with van der Waals surface area (Å²) >= 11 is 0. The number of amides is 2. The quantitative estimate of drug-likeness (QED) is 0.652. The van der Waals surface area contributed by atoms with Crippen LogP contribution in [0.25, 0.3) is 0 Å². The summed E-state index contributed by atoms with van der Waals surface area (Å²) in [6.07, 6.45) is -6.51. The van der Waals surface area contributed by atoms with Crippen molar-refractivity contribution in [1.82, 2.24) is 10.2 Å². The molecule has 0 unspecified atom stereocenters. The van der Waals surface area contributed by atoms with E-state index in [0.29, 0.717) is 12.8 Å². The fourth-order valence-electron chi connectivity index (χ4n) is 3.14. The maximum absolute atomic E-state index is 13.0. The Balaban J connectivity index is 2.92. The highest BCUT2D eigenvalue weighted by molar-refractivity contribution is 6.00. The van der Waals surface area contributed by atoms with Crippen molar-refractivity contribution in [3.05, 3.63) is 0 Å². The first kappa shape index (κ1) is 21.9. The van der Waals surface area contributed by atoms with Gasteiger partial charge < -0.3 is 10.8 Å². The number of rotatable bonds is 6. The third-order valence-corrected chi connectivity index (χ3v) is 4.59. The van der Waals surface area contributed by atoms with Gasteiger partial charge in [-0.15, -0.1) is 0 Å². The number of likely N-dealkylation sites (tertiary alicyclic amines) is 1. The molecule has 0 aromatic rings. The number of aliphatic hydroxyl groups is 1. The van der Waals surface area contributed by atoms with Gasteiger partial charge in [0.25, 0.3) is 0 Å². The van der Waals surface area contributed by atoms with E-state index in [2.05, 4.69) is 5.32 Å². The van der Waals surface area contributed by atoms with Crippen LogP contribution in [0.2, 0.25) is 0 Å². The Bertz CT molecular complexity index is 483. The number of imide groups is 1. The molecule has 0 aromatic carbocycles. The number of carbonyl (C=O) groups excluding carboxylic acids is 2. The van der Waals surface area contributed by atoms with Gasteiger partial charge >= 0.3 is 6.18 Å². The van der Waals surface area contributed by atoms with E-state index in [1.165, 1.54) is 4.90 Å². The first-order chi connectivity index (χ1) is 11.4. The van der Waals surface area contributed by atoms with Crippen molar-refractivity contribution < 1.29 is 27.9 Å². The molecule has 9 heteroatoms. The molecule has 0 bridgehead atoms. The van der Waals surface area contributed by atoms with Crippen LogP contribution in [0.4, 0.5) is 13.2 Å². The number of nitrogens with zero attached hydrogens (tertiary/aromatic N) is 1. The maximum Gasteiger partial charge on any atom is 0.415 e. The van der Waals surface area contributed by atoms with Crippen molar-refractivity contribution in [2.75, 3.05) is 6.54 Å². The largest absolute Gasteiger partial charge is 0.415 e. The van der Waals surface area contributed by atoms with E-state index in [-0.39, 0.29) is 12.5 Å². The van der Waals surface area contributed by atoms with Gasteiger partial charge in [-0.2, -0.15) is 13.2 Å². The molecule has 1 aliphatic rings. The summed E-state index contributed by atoms with van der Waals surface area (Å²) in [4.78, 5) is 25.7. The Morgan fingerprint density at radius 2 is 1.76 bits per heavy atom. The minimum atomic E-state index is -4.78. The molecular weight excluding hydrogens is 339 g/mol. The standard InChI is InChI=1S/C16H28F3N3O3/c1-8(2)11(20)15(25)21-14(24)10-6-5-7-22(10)12(9(3)4)13(23)16(17,18)19/h8-13,23H,5-7,20H2,1-4H3,(H,21,24,25)/t10-,11-,12-,13-/m0/s1. The summed E-state index contributed by atoms with van der Waals surface area (Å²) in [6, 6.07) is -3.03. The van der Waals surface area contributed by atoms with Crippen LogP contribution in [-0.4, -0.2) is 58.8 Å². The molecule has 0 aliphatic carbocycles. The first-order valence-electron chi connectivity index (χ1n) is 8.48. The molecule has 4 N–H and O–H groups in total. The van der Waals surface area contributed by atoms with Crippen molar-refractivity contribution in [1.29, 1.82) is 0 Å². The van der Waals surface area contributed by atoms with Gasteiger partial charge in [0.1, 0.15) is 0 Å². The van der Waals surface area contributed by atoms with Crippen LogP contribution in [-0.2, 0) is 9.59 Å². The second-order valence-corrected chi connectivity index (χ2v) is 7.24. The molecule has 1 heterocycles. The molecule has 0 aromatic heterocycles. The second kappa shape index (κ2) is 8.46. The van der Waals surface area contributed by atoms with Crippen LogP contribution in [0.15, 0.2) is 0 Å². The Labute approximate surface area is 145 Å². The third-order valence-electron chi connectivity index (χ3n) is 4.59. The monoisotopic (exact) mass is 367 g/mol. The Morgan fingerprint density at radius 1 is 1.20 bits per heavy atom. The lowest BCUT2D eigenvalue weighted by molar-refractivity contribution is -0.227. The fourth-order valence-corrected chi connectivity index (χ4v) is 3.14. The van der Waals surface area contributed by atoms with E-state index < -0.39 is 48.1 Å². The zero-order chi connectivity index (χ0) is 19.5. The highest BCUT2D eigenvalue weighted by atomic mass is 19.4. The van der Waals surface area contributed by atoms with E-state index >= 15 is 0 Å². The zero-order valence-corrected chi connectivity index (χ0v) is 15.0. The summed E-state index contributed by atoms with van der Waals surface area (Å²) in [6.45, 7) is 6.83. The fraction of sp³-hybridized carbons (Fsp3) is 0.875. The van der Waals surface area contributed by atoms with Gasteiger partial charge in [-0.3, -0.25) is 19.8 Å². The van der Waals surface area contributed by atoms with Crippen LogP contribution < -0.4 is 11.1 Å². The lowest BCUT2D eigenvalue weighted by atomic mass is 9.95. The molecule has 0 spiro atoms. The normalized spacial score (nSPS) is 22.9. The third kappa shape index (κ3) is 5.39. The Kier molecular flexibility index (Phi) is 7.40. The van der Waals surface area contributed by atoms with E-state index in [1.807, 2.05) is 0 Å². The smallest absolute Gasteiger partial charge is 0.382 e. The summed E-state index contributed by atoms with van der Waals surface area (Å²) in [5.41, 5.74) is 5.69. The number of nitrogens with one attached hydrogen (secondary N) is 1. The predicted molar refractivity (Wildman–Crippen MR) is 86.4 cm³/mol.